The van der Waals surface area contributed by atoms with Gasteiger partial charge in [0.2, 0.25) is 0 Å². The number of ketones is 1. The number of likely N-dealkylation sites (tertiary alicyclic amines) is 1. The summed E-state index contributed by atoms with van der Waals surface area (Å²) in [6.07, 6.45) is 4.60. The van der Waals surface area contributed by atoms with Crippen LogP contribution in [0.1, 0.15) is 38.2 Å². The van der Waals surface area contributed by atoms with Crippen LogP contribution >= 0.6 is 0 Å². The molecule has 0 aromatic heterocycles. The fourth-order valence-corrected chi connectivity index (χ4v) is 5.11. The molecule has 1 aromatic rings. The van der Waals surface area contributed by atoms with Crippen molar-refractivity contribution in [1.82, 2.24) is 4.90 Å². The average Bonchev–Trinajstić information content (AvgIpc) is 2.77. The summed E-state index contributed by atoms with van der Waals surface area (Å²) in [6, 6.07) is 5.48. The molecule has 3 aliphatic rings. The number of piperidine rings is 1. The topological polar surface area (TPSA) is 68.2 Å². The lowest BCUT2D eigenvalue weighted by atomic mass is 9.72. The van der Waals surface area contributed by atoms with Gasteiger partial charge < -0.3 is 24.2 Å². The van der Waals surface area contributed by atoms with E-state index in [2.05, 4.69) is 11.8 Å². The molecule has 1 saturated carbocycles. The summed E-state index contributed by atoms with van der Waals surface area (Å²) in [7, 11) is 3.17. The van der Waals surface area contributed by atoms with Crippen molar-refractivity contribution in [3.05, 3.63) is 30.0 Å². The summed E-state index contributed by atoms with van der Waals surface area (Å²) in [6.45, 7) is 5.21. The highest BCUT2D eigenvalue weighted by Gasteiger charge is 2.46. The Morgan fingerprint density at radius 3 is 2.53 bits per heavy atom. The van der Waals surface area contributed by atoms with Crippen molar-refractivity contribution < 1.29 is 24.1 Å². The number of hydrogen-bond acceptors (Lipinski definition) is 6. The van der Waals surface area contributed by atoms with Crippen LogP contribution in [0.2, 0.25) is 0 Å². The Morgan fingerprint density at radius 1 is 1.10 bits per heavy atom. The zero-order valence-corrected chi connectivity index (χ0v) is 18.2. The molecule has 1 N–H and O–H groups in total. The number of hydrogen-bond donors (Lipinski definition) is 1. The van der Waals surface area contributed by atoms with E-state index in [1.54, 1.807) is 26.5 Å². The van der Waals surface area contributed by atoms with E-state index in [0.29, 0.717) is 29.9 Å². The summed E-state index contributed by atoms with van der Waals surface area (Å²) in [4.78, 5) is 15.8. The van der Waals surface area contributed by atoms with Gasteiger partial charge in [0.15, 0.2) is 17.3 Å². The van der Waals surface area contributed by atoms with E-state index in [0.717, 1.165) is 31.1 Å². The molecule has 30 heavy (non-hydrogen) atoms. The van der Waals surface area contributed by atoms with Crippen molar-refractivity contribution in [2.45, 2.75) is 44.8 Å². The van der Waals surface area contributed by atoms with E-state index in [1.807, 2.05) is 12.1 Å². The lowest BCUT2D eigenvalue weighted by Gasteiger charge is -2.44. The molecule has 2 fully saturated rings. The largest absolute Gasteiger partial charge is 0.496 e. The molecule has 4 atom stereocenters. The number of carbonyl (C=O) groups is 1. The molecule has 2 heterocycles. The molecule has 0 bridgehead atoms. The van der Waals surface area contributed by atoms with E-state index in [4.69, 9.17) is 14.2 Å². The molecule has 0 amide bonds. The average molecular weight is 416 g/mol. The molecular weight excluding hydrogens is 382 g/mol. The Hall–Kier alpha value is -2.05. The van der Waals surface area contributed by atoms with Crippen LogP contribution in [0.4, 0.5) is 0 Å². The smallest absolute Gasteiger partial charge is 0.173 e. The minimum Gasteiger partial charge on any atom is -0.496 e. The molecule has 1 aliphatic carbocycles. The van der Waals surface area contributed by atoms with Gasteiger partial charge in [0, 0.05) is 12.5 Å². The Balaban J connectivity index is 1.54. The molecular formula is C24H33NO5. The van der Waals surface area contributed by atoms with Gasteiger partial charge in [-0.3, -0.25) is 4.79 Å². The number of allylic oxidation sites excluding steroid dienone is 1. The molecule has 2 aliphatic heterocycles. The monoisotopic (exact) mass is 415 g/mol. The molecule has 6 nitrogen and oxygen atoms in total. The van der Waals surface area contributed by atoms with Crippen LogP contribution in [-0.2, 0) is 9.53 Å². The van der Waals surface area contributed by atoms with Gasteiger partial charge in [0.25, 0.3) is 0 Å². The number of carbonyl (C=O) groups excluding carboxylic acids is 1. The third-order valence-electron chi connectivity index (χ3n) is 7.07. The van der Waals surface area contributed by atoms with Gasteiger partial charge in [-0.05, 0) is 62.4 Å². The first-order valence-corrected chi connectivity index (χ1v) is 11.0. The summed E-state index contributed by atoms with van der Waals surface area (Å²) >= 11 is 0. The molecule has 1 saturated heterocycles. The van der Waals surface area contributed by atoms with Crippen LogP contribution in [0.5, 0.6) is 11.5 Å². The molecule has 4 unspecified atom stereocenters. The summed E-state index contributed by atoms with van der Waals surface area (Å²) in [5.41, 5.74) is 1.34. The SMILES string of the molecule is COc1ccc(C2=COC3C(CCC(O)C3CN3CCC(C)CC3)C2=O)cc1OC. The maximum atomic E-state index is 13.4. The number of nitrogens with zero attached hydrogens (tertiary/aromatic N) is 1. The highest BCUT2D eigenvalue weighted by Crippen LogP contribution is 2.41. The fourth-order valence-electron chi connectivity index (χ4n) is 5.11. The predicted octanol–water partition coefficient (Wildman–Crippen LogP) is 3.13. The number of aliphatic hydroxyl groups is 1. The van der Waals surface area contributed by atoms with Gasteiger partial charge in [0.05, 0.1) is 38.1 Å². The van der Waals surface area contributed by atoms with Crippen molar-refractivity contribution >= 4 is 11.4 Å². The third kappa shape index (κ3) is 4.08. The Kier molecular flexibility index (Phi) is 6.34. The first kappa shape index (κ1) is 21.2. The fraction of sp³-hybridized carbons (Fsp3) is 0.625. The number of benzene rings is 1. The van der Waals surface area contributed by atoms with Crippen LogP contribution in [-0.4, -0.2) is 61.9 Å². The zero-order valence-electron chi connectivity index (χ0n) is 18.2. The van der Waals surface area contributed by atoms with Crippen molar-refractivity contribution in [3.8, 4) is 11.5 Å². The van der Waals surface area contributed by atoms with Crippen LogP contribution in [0, 0.1) is 17.8 Å². The molecule has 6 heteroatoms. The van der Waals surface area contributed by atoms with Crippen LogP contribution in [0.25, 0.3) is 5.57 Å². The maximum Gasteiger partial charge on any atom is 0.173 e. The predicted molar refractivity (Wildman–Crippen MR) is 114 cm³/mol. The van der Waals surface area contributed by atoms with Crippen molar-refractivity contribution in [2.75, 3.05) is 33.9 Å². The third-order valence-corrected chi connectivity index (χ3v) is 7.07. The summed E-state index contributed by atoms with van der Waals surface area (Å²) in [5.74, 6) is 1.83. The van der Waals surface area contributed by atoms with Crippen molar-refractivity contribution in [3.63, 3.8) is 0 Å². The first-order chi connectivity index (χ1) is 14.5. The lowest BCUT2D eigenvalue weighted by molar-refractivity contribution is -0.133. The van der Waals surface area contributed by atoms with E-state index >= 15 is 0 Å². The quantitative estimate of drug-likeness (QED) is 0.797. The number of aliphatic hydroxyl groups excluding tert-OH is 1. The summed E-state index contributed by atoms with van der Waals surface area (Å²) in [5, 5.41) is 10.7. The number of methoxy groups -OCH3 is 2. The molecule has 164 valence electrons. The summed E-state index contributed by atoms with van der Waals surface area (Å²) < 4.78 is 16.8. The standard InChI is InChI=1S/C24H33NO5/c1-15-8-10-25(11-9-15)13-18-20(26)6-5-17-23(27)19(14-30-24(17)18)16-4-7-21(28-2)22(12-16)29-3/h4,7,12,14-15,17-18,20,24,26H,5-6,8-11,13H2,1-3H3. The normalized spacial score (nSPS) is 30.3. The zero-order chi connectivity index (χ0) is 21.3. The minimum atomic E-state index is -0.422. The molecule has 0 spiro atoms. The van der Waals surface area contributed by atoms with Crippen LogP contribution in [0.15, 0.2) is 24.5 Å². The van der Waals surface area contributed by atoms with E-state index in [1.165, 1.54) is 12.8 Å². The second-order valence-electron chi connectivity index (χ2n) is 8.96. The van der Waals surface area contributed by atoms with E-state index < -0.39 is 6.10 Å². The highest BCUT2D eigenvalue weighted by atomic mass is 16.5. The second-order valence-corrected chi connectivity index (χ2v) is 8.96. The number of ether oxygens (including phenoxy) is 3. The van der Waals surface area contributed by atoms with Crippen LogP contribution < -0.4 is 9.47 Å². The molecule has 4 rings (SSSR count). The number of rotatable bonds is 5. The van der Waals surface area contributed by atoms with Gasteiger partial charge in [-0.1, -0.05) is 13.0 Å². The molecule has 1 aromatic carbocycles. The van der Waals surface area contributed by atoms with Gasteiger partial charge in [-0.25, -0.2) is 0 Å². The Labute approximate surface area is 178 Å². The van der Waals surface area contributed by atoms with Crippen molar-refractivity contribution in [2.24, 2.45) is 17.8 Å². The van der Waals surface area contributed by atoms with Crippen LogP contribution in [0.3, 0.4) is 0 Å². The number of fused-ring (bicyclic) bond motifs is 1. The van der Waals surface area contributed by atoms with Crippen molar-refractivity contribution in [1.29, 1.82) is 0 Å². The van der Waals surface area contributed by atoms with Gasteiger partial charge >= 0.3 is 0 Å². The lowest BCUT2D eigenvalue weighted by Crippen LogP contribution is -2.52. The van der Waals surface area contributed by atoms with Gasteiger partial charge in [-0.2, -0.15) is 0 Å². The van der Waals surface area contributed by atoms with Gasteiger partial charge in [0.1, 0.15) is 6.10 Å². The minimum absolute atomic E-state index is 0.0377. The van der Waals surface area contributed by atoms with E-state index in [-0.39, 0.29) is 23.7 Å². The Bertz CT molecular complexity index is 799. The Morgan fingerprint density at radius 2 is 1.83 bits per heavy atom. The van der Waals surface area contributed by atoms with E-state index in [9.17, 15) is 9.90 Å². The molecule has 0 radical (unpaired) electrons. The highest BCUT2D eigenvalue weighted by molar-refractivity contribution is 6.22. The maximum absolute atomic E-state index is 13.4. The second kappa shape index (κ2) is 8.98. The van der Waals surface area contributed by atoms with Gasteiger partial charge in [-0.15, -0.1) is 0 Å². The first-order valence-electron chi connectivity index (χ1n) is 11.0. The number of Topliss-reactive ketones (excluding diaryl/α,β-unsaturated/α-hetero) is 1.